The van der Waals surface area contributed by atoms with E-state index in [1.807, 2.05) is 44.2 Å². The van der Waals surface area contributed by atoms with Crippen LogP contribution in [-0.4, -0.2) is 17.3 Å². The summed E-state index contributed by atoms with van der Waals surface area (Å²) in [6.45, 7) is 3.91. The van der Waals surface area contributed by atoms with Crippen LogP contribution in [0.5, 0.6) is 5.75 Å². The van der Waals surface area contributed by atoms with Gasteiger partial charge in [0.05, 0.1) is 6.10 Å². The van der Waals surface area contributed by atoms with Crippen molar-refractivity contribution in [3.63, 3.8) is 0 Å². The Hall–Kier alpha value is -1.51. The number of halogens is 1. The van der Waals surface area contributed by atoms with Crippen LogP contribution in [0.25, 0.3) is 0 Å². The maximum absolute atomic E-state index is 10.2. The number of aryl methyl sites for hydroxylation is 1. The summed E-state index contributed by atoms with van der Waals surface area (Å²) in [7, 11) is 0. The minimum atomic E-state index is -0.559. The molecule has 2 rings (SSSR count). The topological polar surface area (TPSA) is 29.5 Å². The number of hydrogen-bond donors (Lipinski definition) is 1. The fourth-order valence-electron chi connectivity index (χ4n) is 2.08. The highest BCUT2D eigenvalue weighted by atomic mass is 35.5. The van der Waals surface area contributed by atoms with Crippen molar-refractivity contribution in [2.45, 2.75) is 32.5 Å². The summed E-state index contributed by atoms with van der Waals surface area (Å²) in [6.07, 6.45) is -0.284. The SMILES string of the molecule is Cc1cccc(CC(O)C(C)Oc2cccc(Cl)c2)c1. The van der Waals surface area contributed by atoms with Crippen LogP contribution in [0.15, 0.2) is 48.5 Å². The molecule has 2 unspecified atom stereocenters. The lowest BCUT2D eigenvalue weighted by Gasteiger charge is -2.21. The van der Waals surface area contributed by atoms with E-state index in [2.05, 4.69) is 6.07 Å². The molecule has 0 aliphatic heterocycles. The summed E-state index contributed by atoms with van der Waals surface area (Å²) >= 11 is 5.91. The van der Waals surface area contributed by atoms with E-state index >= 15 is 0 Å². The van der Waals surface area contributed by atoms with E-state index in [4.69, 9.17) is 16.3 Å². The van der Waals surface area contributed by atoms with E-state index < -0.39 is 6.10 Å². The zero-order chi connectivity index (χ0) is 14.5. The predicted molar refractivity (Wildman–Crippen MR) is 82.4 cm³/mol. The van der Waals surface area contributed by atoms with Crippen molar-refractivity contribution < 1.29 is 9.84 Å². The lowest BCUT2D eigenvalue weighted by molar-refractivity contribution is 0.0479. The summed E-state index contributed by atoms with van der Waals surface area (Å²) < 4.78 is 5.72. The number of aliphatic hydroxyl groups excluding tert-OH is 1. The van der Waals surface area contributed by atoms with Crippen molar-refractivity contribution in [3.05, 3.63) is 64.7 Å². The molecule has 0 spiro atoms. The maximum Gasteiger partial charge on any atom is 0.122 e. The molecule has 2 aromatic carbocycles. The molecule has 0 saturated heterocycles. The molecule has 2 atom stereocenters. The third-order valence-corrected chi connectivity index (χ3v) is 3.42. The van der Waals surface area contributed by atoms with Crippen molar-refractivity contribution >= 4 is 11.6 Å². The van der Waals surface area contributed by atoms with Crippen LogP contribution in [0.4, 0.5) is 0 Å². The first kappa shape index (κ1) is 14.9. The number of aliphatic hydroxyl groups is 1. The van der Waals surface area contributed by atoms with Gasteiger partial charge in [-0.2, -0.15) is 0 Å². The number of benzene rings is 2. The Morgan fingerprint density at radius 1 is 1.15 bits per heavy atom. The lowest BCUT2D eigenvalue weighted by atomic mass is 10.0. The third kappa shape index (κ3) is 4.26. The van der Waals surface area contributed by atoms with Crippen LogP contribution in [0.3, 0.4) is 0 Å². The average molecular weight is 291 g/mol. The van der Waals surface area contributed by atoms with Gasteiger partial charge in [0, 0.05) is 11.4 Å². The average Bonchev–Trinajstić information content (AvgIpc) is 2.38. The van der Waals surface area contributed by atoms with Crippen molar-refractivity contribution in [1.82, 2.24) is 0 Å². The molecule has 0 saturated carbocycles. The van der Waals surface area contributed by atoms with Gasteiger partial charge in [-0.3, -0.25) is 0 Å². The molecule has 0 bridgehead atoms. The second-order valence-electron chi connectivity index (χ2n) is 5.04. The number of ether oxygens (including phenoxy) is 1. The molecule has 0 aliphatic rings. The Kier molecular flexibility index (Phi) is 5.05. The van der Waals surface area contributed by atoms with Gasteiger partial charge in [-0.15, -0.1) is 0 Å². The summed E-state index contributed by atoms with van der Waals surface area (Å²) in [6, 6.07) is 15.3. The first-order valence-electron chi connectivity index (χ1n) is 6.70. The molecule has 3 heteroatoms. The number of hydrogen-bond acceptors (Lipinski definition) is 2. The molecular weight excluding hydrogens is 272 g/mol. The third-order valence-electron chi connectivity index (χ3n) is 3.19. The molecule has 0 aromatic heterocycles. The van der Waals surface area contributed by atoms with Gasteiger partial charge < -0.3 is 9.84 Å². The van der Waals surface area contributed by atoms with Crippen molar-refractivity contribution in [2.24, 2.45) is 0 Å². The van der Waals surface area contributed by atoms with Gasteiger partial charge in [0.15, 0.2) is 0 Å². The Morgan fingerprint density at radius 2 is 1.90 bits per heavy atom. The summed E-state index contributed by atoms with van der Waals surface area (Å²) in [4.78, 5) is 0. The first-order chi connectivity index (χ1) is 9.54. The van der Waals surface area contributed by atoms with E-state index in [1.165, 1.54) is 5.56 Å². The summed E-state index contributed by atoms with van der Waals surface area (Å²) in [5.74, 6) is 0.674. The monoisotopic (exact) mass is 290 g/mol. The largest absolute Gasteiger partial charge is 0.488 e. The van der Waals surface area contributed by atoms with Crippen LogP contribution in [0.1, 0.15) is 18.1 Å². The lowest BCUT2D eigenvalue weighted by Crippen LogP contribution is -2.30. The molecule has 106 valence electrons. The van der Waals surface area contributed by atoms with Gasteiger partial charge in [-0.1, -0.05) is 47.5 Å². The normalized spacial score (nSPS) is 13.8. The van der Waals surface area contributed by atoms with Crippen LogP contribution in [-0.2, 0) is 6.42 Å². The highest BCUT2D eigenvalue weighted by Gasteiger charge is 2.16. The zero-order valence-electron chi connectivity index (χ0n) is 11.7. The minimum absolute atomic E-state index is 0.297. The van der Waals surface area contributed by atoms with E-state index in [-0.39, 0.29) is 6.10 Å². The second kappa shape index (κ2) is 6.78. The van der Waals surface area contributed by atoms with Crippen molar-refractivity contribution in [2.75, 3.05) is 0 Å². The minimum Gasteiger partial charge on any atom is -0.488 e. The first-order valence-corrected chi connectivity index (χ1v) is 7.08. The second-order valence-corrected chi connectivity index (χ2v) is 5.48. The molecule has 0 aliphatic carbocycles. The van der Waals surface area contributed by atoms with Crippen LogP contribution < -0.4 is 4.74 Å². The number of rotatable bonds is 5. The maximum atomic E-state index is 10.2. The molecule has 0 heterocycles. The molecule has 2 nitrogen and oxygen atoms in total. The highest BCUT2D eigenvalue weighted by molar-refractivity contribution is 6.30. The van der Waals surface area contributed by atoms with Gasteiger partial charge in [0.25, 0.3) is 0 Å². The summed E-state index contributed by atoms with van der Waals surface area (Å²) in [5, 5.41) is 10.9. The van der Waals surface area contributed by atoms with Gasteiger partial charge in [0.1, 0.15) is 11.9 Å². The fourth-order valence-corrected chi connectivity index (χ4v) is 2.26. The van der Waals surface area contributed by atoms with E-state index in [9.17, 15) is 5.11 Å². The smallest absolute Gasteiger partial charge is 0.122 e. The van der Waals surface area contributed by atoms with E-state index in [0.717, 1.165) is 5.56 Å². The standard InChI is InChI=1S/C17H19ClO2/c1-12-5-3-6-14(9-12)10-17(19)13(2)20-16-8-4-7-15(18)11-16/h3-9,11,13,17,19H,10H2,1-2H3. The molecule has 1 N–H and O–H groups in total. The van der Waals surface area contributed by atoms with Gasteiger partial charge >= 0.3 is 0 Å². The summed E-state index contributed by atoms with van der Waals surface area (Å²) in [5.41, 5.74) is 2.30. The Bertz CT molecular complexity index is 517. The molecular formula is C17H19ClO2. The Labute approximate surface area is 125 Å². The fraction of sp³-hybridized carbons (Fsp3) is 0.294. The van der Waals surface area contributed by atoms with Crippen molar-refractivity contribution in [3.8, 4) is 5.75 Å². The van der Waals surface area contributed by atoms with Crippen LogP contribution in [0.2, 0.25) is 5.02 Å². The predicted octanol–water partition coefficient (Wildman–Crippen LogP) is 4.02. The van der Waals surface area contributed by atoms with Gasteiger partial charge in [-0.25, -0.2) is 0 Å². The van der Waals surface area contributed by atoms with E-state index in [1.54, 1.807) is 12.1 Å². The Balaban J connectivity index is 1.96. The van der Waals surface area contributed by atoms with Gasteiger partial charge in [-0.05, 0) is 37.6 Å². The Morgan fingerprint density at radius 3 is 2.60 bits per heavy atom. The molecule has 2 aromatic rings. The molecule has 0 amide bonds. The molecule has 20 heavy (non-hydrogen) atoms. The quantitative estimate of drug-likeness (QED) is 0.901. The highest BCUT2D eigenvalue weighted by Crippen LogP contribution is 2.20. The van der Waals surface area contributed by atoms with E-state index in [0.29, 0.717) is 17.2 Å². The molecule has 0 fully saturated rings. The van der Waals surface area contributed by atoms with Gasteiger partial charge in [0.2, 0.25) is 0 Å². The van der Waals surface area contributed by atoms with Crippen LogP contribution in [0, 0.1) is 6.92 Å². The molecule has 0 radical (unpaired) electrons. The van der Waals surface area contributed by atoms with Crippen LogP contribution >= 0.6 is 11.6 Å². The zero-order valence-corrected chi connectivity index (χ0v) is 12.5. The van der Waals surface area contributed by atoms with Crippen molar-refractivity contribution in [1.29, 1.82) is 0 Å².